The Morgan fingerprint density at radius 1 is 1.00 bits per heavy atom. The van der Waals surface area contributed by atoms with E-state index in [1.165, 1.54) is 0 Å². The van der Waals surface area contributed by atoms with Crippen LogP contribution >= 0.6 is 11.6 Å². The predicted octanol–water partition coefficient (Wildman–Crippen LogP) is 3.63. The van der Waals surface area contributed by atoms with Gasteiger partial charge in [0.15, 0.2) is 0 Å². The van der Waals surface area contributed by atoms with Gasteiger partial charge in [-0.1, -0.05) is 60.7 Å². The third-order valence-corrected chi connectivity index (χ3v) is 4.16. The molecule has 1 heterocycles. The molecular formula is C21H24ClNO6. The van der Waals surface area contributed by atoms with Crippen molar-refractivity contribution < 1.29 is 28.9 Å². The maximum Gasteiger partial charge on any atom is 0.407 e. The lowest BCUT2D eigenvalue weighted by atomic mass is 10.0. The van der Waals surface area contributed by atoms with Gasteiger partial charge >= 0.3 is 11.5 Å². The van der Waals surface area contributed by atoms with Crippen molar-refractivity contribution in [3.8, 4) is 0 Å². The maximum absolute atomic E-state index is 11.4. The summed E-state index contributed by atoms with van der Waals surface area (Å²) in [5.41, 5.74) is 0.136. The number of alkyl carbamates (subject to hydrolysis) is 1. The monoisotopic (exact) mass is 421 g/mol. The van der Waals surface area contributed by atoms with Gasteiger partial charge in [0.2, 0.25) is 0 Å². The van der Waals surface area contributed by atoms with E-state index < -0.39 is 17.1 Å². The molecule has 0 aliphatic carbocycles. The van der Waals surface area contributed by atoms with Gasteiger partial charge in [-0.05, 0) is 11.1 Å². The lowest BCUT2D eigenvalue weighted by molar-refractivity contribution is 0.0256. The van der Waals surface area contributed by atoms with E-state index in [9.17, 15) is 14.7 Å². The molecule has 29 heavy (non-hydrogen) atoms. The molecule has 3 rings (SSSR count). The van der Waals surface area contributed by atoms with Gasteiger partial charge in [-0.3, -0.25) is 0 Å². The van der Waals surface area contributed by atoms with Crippen LogP contribution in [0.1, 0.15) is 17.5 Å². The summed E-state index contributed by atoms with van der Waals surface area (Å²) >= 11 is 4.97. The number of carbonyl (C=O) groups is 2. The zero-order valence-corrected chi connectivity index (χ0v) is 16.6. The lowest BCUT2D eigenvalue weighted by Gasteiger charge is -2.20. The molecule has 2 N–H and O–H groups in total. The number of nitrogens with one attached hydrogen (secondary N) is 1. The third kappa shape index (κ3) is 9.43. The van der Waals surface area contributed by atoms with Crippen LogP contribution in [-0.2, 0) is 27.4 Å². The molecule has 8 heteroatoms. The summed E-state index contributed by atoms with van der Waals surface area (Å²) in [6, 6.07) is 18.8. The second-order valence-corrected chi connectivity index (χ2v) is 6.76. The first-order valence-corrected chi connectivity index (χ1v) is 9.45. The molecule has 0 saturated carbocycles. The Morgan fingerprint density at radius 3 is 2.03 bits per heavy atom. The number of aliphatic hydroxyl groups is 1. The first kappa shape index (κ1) is 22.7. The number of amides is 1. The summed E-state index contributed by atoms with van der Waals surface area (Å²) in [4.78, 5) is 21.6. The first-order valence-electron chi connectivity index (χ1n) is 9.08. The van der Waals surface area contributed by atoms with Crippen LogP contribution in [0.2, 0.25) is 0 Å². The van der Waals surface area contributed by atoms with E-state index in [-0.39, 0.29) is 26.4 Å². The van der Waals surface area contributed by atoms with Gasteiger partial charge in [0.05, 0.1) is 13.2 Å². The average Bonchev–Trinajstić information content (AvgIpc) is 3.18. The second-order valence-electron chi connectivity index (χ2n) is 6.45. The third-order valence-electron chi connectivity index (χ3n) is 4.05. The zero-order chi connectivity index (χ0) is 21.0. The minimum absolute atomic E-state index is 0.153. The highest BCUT2D eigenvalue weighted by molar-refractivity contribution is 6.61. The maximum atomic E-state index is 11.4. The van der Waals surface area contributed by atoms with Crippen LogP contribution in [0.25, 0.3) is 0 Å². The Kier molecular flexibility index (Phi) is 9.43. The molecule has 0 bridgehead atoms. The summed E-state index contributed by atoms with van der Waals surface area (Å²) in [6.07, 6.45) is 0.00516. The van der Waals surface area contributed by atoms with Gasteiger partial charge in [0.25, 0.3) is 0 Å². The number of halogens is 1. The molecule has 1 fully saturated rings. The molecule has 2 aromatic carbocycles. The Bertz CT molecular complexity index is 750. The summed E-state index contributed by atoms with van der Waals surface area (Å²) in [6.45, 7) is 1.40. The van der Waals surface area contributed by atoms with Gasteiger partial charge in [0, 0.05) is 24.6 Å². The molecule has 1 aliphatic rings. The van der Waals surface area contributed by atoms with Crippen LogP contribution in [0.5, 0.6) is 0 Å². The number of benzene rings is 2. The van der Waals surface area contributed by atoms with Gasteiger partial charge in [-0.2, -0.15) is 0 Å². The number of hydrogen-bond acceptors (Lipinski definition) is 6. The predicted molar refractivity (Wildman–Crippen MR) is 107 cm³/mol. The molecule has 2 aromatic rings. The number of hydrogen-bond donors (Lipinski definition) is 2. The Balaban J connectivity index is 0.000000234. The molecule has 0 spiro atoms. The molecule has 0 radical (unpaired) electrons. The summed E-state index contributed by atoms with van der Waals surface area (Å²) in [5.74, 6) is 0. The lowest BCUT2D eigenvalue weighted by Crippen LogP contribution is -2.43. The molecule has 1 amide bonds. The van der Waals surface area contributed by atoms with Crippen LogP contribution in [0.4, 0.5) is 9.59 Å². The van der Waals surface area contributed by atoms with Crippen LogP contribution < -0.4 is 5.32 Å². The Hall–Kier alpha value is -2.61. The van der Waals surface area contributed by atoms with Gasteiger partial charge in [-0.25, -0.2) is 9.59 Å². The highest BCUT2D eigenvalue weighted by Gasteiger charge is 2.32. The highest BCUT2D eigenvalue weighted by atomic mass is 35.5. The standard InChI is InChI=1S/C13H17NO4.C8H7ClO2/c15-12(14-9-13(16)6-7-17-10-13)18-8-11-4-2-1-3-5-11;9-8(10)11-6-7-4-2-1-3-5-7/h1-5,16H,6-10H2,(H,14,15);1-5H,6H2/t13-;/m1./s1. The fourth-order valence-electron chi connectivity index (χ4n) is 2.46. The van der Waals surface area contributed by atoms with Crippen LogP contribution in [0.3, 0.4) is 0 Å². The van der Waals surface area contributed by atoms with E-state index in [1.54, 1.807) is 0 Å². The van der Waals surface area contributed by atoms with Crippen molar-refractivity contribution in [1.82, 2.24) is 5.32 Å². The molecule has 7 nitrogen and oxygen atoms in total. The van der Waals surface area contributed by atoms with Crippen molar-refractivity contribution in [1.29, 1.82) is 0 Å². The van der Waals surface area contributed by atoms with Crippen LogP contribution in [-0.4, -0.2) is 42.0 Å². The SMILES string of the molecule is O=C(Cl)OCc1ccccc1.O=C(NC[C@]1(O)CCOC1)OCc1ccccc1. The van der Waals surface area contributed by atoms with E-state index in [2.05, 4.69) is 10.1 Å². The molecule has 0 aromatic heterocycles. The van der Waals surface area contributed by atoms with Crippen molar-refractivity contribution in [3.05, 3.63) is 71.8 Å². The molecular weight excluding hydrogens is 398 g/mol. The summed E-state index contributed by atoms with van der Waals surface area (Å²) in [5, 5.41) is 12.5. The molecule has 156 valence electrons. The Labute approximate surface area is 174 Å². The zero-order valence-electron chi connectivity index (χ0n) is 15.9. The minimum Gasteiger partial charge on any atom is -0.449 e. The fraction of sp³-hybridized carbons (Fsp3) is 0.333. The van der Waals surface area contributed by atoms with Gasteiger partial charge in [0.1, 0.15) is 18.8 Å². The van der Waals surface area contributed by atoms with E-state index in [0.717, 1.165) is 11.1 Å². The van der Waals surface area contributed by atoms with E-state index in [4.69, 9.17) is 21.1 Å². The molecule has 0 unspecified atom stereocenters. The summed E-state index contributed by atoms with van der Waals surface area (Å²) in [7, 11) is 0. The number of carbonyl (C=O) groups excluding carboxylic acids is 2. The topological polar surface area (TPSA) is 94.1 Å². The van der Waals surface area contributed by atoms with Crippen molar-refractivity contribution in [2.75, 3.05) is 19.8 Å². The van der Waals surface area contributed by atoms with Crippen LogP contribution in [0.15, 0.2) is 60.7 Å². The smallest absolute Gasteiger partial charge is 0.407 e. The minimum atomic E-state index is -0.953. The normalized spacial score (nSPS) is 17.6. The largest absolute Gasteiger partial charge is 0.449 e. The summed E-state index contributed by atoms with van der Waals surface area (Å²) < 4.78 is 14.7. The van der Waals surface area contributed by atoms with E-state index >= 15 is 0 Å². The van der Waals surface area contributed by atoms with Crippen molar-refractivity contribution in [2.24, 2.45) is 0 Å². The Morgan fingerprint density at radius 2 is 1.55 bits per heavy atom. The quantitative estimate of drug-likeness (QED) is 0.692. The van der Waals surface area contributed by atoms with Crippen molar-refractivity contribution in [2.45, 2.75) is 25.2 Å². The fourth-order valence-corrected chi connectivity index (χ4v) is 2.52. The van der Waals surface area contributed by atoms with Crippen LogP contribution in [0, 0.1) is 0 Å². The second kappa shape index (κ2) is 12.1. The van der Waals surface area contributed by atoms with Gasteiger partial charge in [-0.15, -0.1) is 0 Å². The van der Waals surface area contributed by atoms with Crippen molar-refractivity contribution >= 4 is 23.1 Å². The van der Waals surface area contributed by atoms with E-state index in [0.29, 0.717) is 13.0 Å². The number of ether oxygens (including phenoxy) is 3. The molecule has 1 saturated heterocycles. The van der Waals surface area contributed by atoms with Gasteiger partial charge < -0.3 is 24.6 Å². The molecule has 1 aliphatic heterocycles. The average molecular weight is 422 g/mol. The highest BCUT2D eigenvalue weighted by Crippen LogP contribution is 2.16. The van der Waals surface area contributed by atoms with E-state index in [1.807, 2.05) is 60.7 Å². The van der Waals surface area contributed by atoms with Crippen molar-refractivity contribution in [3.63, 3.8) is 0 Å². The number of rotatable bonds is 6. The first-order chi connectivity index (χ1) is 14.0. The molecule has 1 atom stereocenters.